The number of allylic oxidation sites excluding steroid dienone is 1. The molecule has 9 nitrogen and oxygen atoms in total. The van der Waals surface area contributed by atoms with Gasteiger partial charge in [0, 0.05) is 50.7 Å². The lowest BCUT2D eigenvalue weighted by molar-refractivity contribution is -0.191. The number of aryl methyl sites for hydroxylation is 3. The second-order valence-electron chi connectivity index (χ2n) is 11.1. The Morgan fingerprint density at radius 2 is 1.67 bits per heavy atom. The lowest BCUT2D eigenvalue weighted by Crippen LogP contribution is -2.12. The highest BCUT2D eigenvalue weighted by Crippen LogP contribution is 2.44. The number of rotatable bonds is 3. The van der Waals surface area contributed by atoms with E-state index in [0.717, 1.165) is 63.0 Å². The van der Waals surface area contributed by atoms with Crippen molar-refractivity contribution in [2.75, 3.05) is 0 Å². The maximum atomic E-state index is 13.2. The van der Waals surface area contributed by atoms with Gasteiger partial charge in [-0.2, -0.15) is 9.59 Å². The maximum Gasteiger partial charge on any atom is 0.373 e. The van der Waals surface area contributed by atoms with Crippen LogP contribution in [0.5, 0.6) is 0 Å². The standard InChI is InChI=1S/C33H34N4O3.CO2/c1-8-19-15(4)23-12-25-17(6)21(10-3)31(36-25)22-11-29(38)40-33(39)30-18(7)26(37-32(22)30)14-28-20(9-2)16(5)24(35-28)13-27(19)34-23;2-1-3/h8,12-14,17,21,34-35H,1,9-11H2,2-7H3;/t17-,21-;/m0./s1. The van der Waals surface area contributed by atoms with E-state index in [4.69, 9.17) is 24.3 Å². The Balaban J connectivity index is 0.00000118. The molecule has 0 aliphatic carbocycles. The van der Waals surface area contributed by atoms with Crippen LogP contribution in [0, 0.1) is 13.8 Å². The SMILES string of the molecule is C=Cc1c(C)c2cc3nc(c4c5nc(cc6[nH]c(cc1[nH]2)c(C)c6CC)C(C)=C5C(=O)OC(=O)C4)[C@@H](CC)[C@@H]3C.O=C=O. The first-order valence-electron chi connectivity index (χ1n) is 14.4. The first-order valence-corrected chi connectivity index (χ1v) is 14.4. The molecular weight excluding hydrogens is 544 g/mol. The average Bonchev–Trinajstić information content (AvgIpc) is 3.62. The highest BCUT2D eigenvalue weighted by molar-refractivity contribution is 6.28. The second kappa shape index (κ2) is 11.4. The third kappa shape index (κ3) is 4.85. The van der Waals surface area contributed by atoms with Crippen LogP contribution in [0.25, 0.3) is 39.3 Å². The molecule has 0 amide bonds. The van der Waals surface area contributed by atoms with Crippen molar-refractivity contribution in [3.8, 4) is 0 Å². The molecule has 3 aliphatic heterocycles. The van der Waals surface area contributed by atoms with Crippen molar-refractivity contribution in [3.63, 3.8) is 0 Å². The third-order valence-electron chi connectivity index (χ3n) is 8.90. The van der Waals surface area contributed by atoms with E-state index in [1.165, 1.54) is 5.56 Å². The number of aromatic nitrogens is 4. The van der Waals surface area contributed by atoms with Crippen molar-refractivity contribution in [1.82, 2.24) is 19.9 Å². The van der Waals surface area contributed by atoms with Gasteiger partial charge in [-0.25, -0.2) is 9.78 Å². The van der Waals surface area contributed by atoms with Gasteiger partial charge in [0.25, 0.3) is 0 Å². The Morgan fingerprint density at radius 1 is 1.00 bits per heavy atom. The molecule has 3 aromatic heterocycles. The van der Waals surface area contributed by atoms with E-state index >= 15 is 0 Å². The van der Waals surface area contributed by atoms with Crippen molar-refractivity contribution in [2.45, 2.75) is 72.6 Å². The number of H-pyrrole nitrogens is 2. The van der Waals surface area contributed by atoms with Gasteiger partial charge >= 0.3 is 18.1 Å². The number of carbonyl (C=O) groups excluding carboxylic acids is 4. The van der Waals surface area contributed by atoms with Gasteiger partial charge in [-0.05, 0) is 74.1 Å². The van der Waals surface area contributed by atoms with Gasteiger partial charge in [-0.3, -0.25) is 9.78 Å². The van der Waals surface area contributed by atoms with Gasteiger partial charge in [0.15, 0.2) is 0 Å². The lowest BCUT2D eigenvalue weighted by Gasteiger charge is -2.15. The molecule has 6 heterocycles. The fourth-order valence-electron chi connectivity index (χ4n) is 6.58. The van der Waals surface area contributed by atoms with Crippen molar-refractivity contribution in [2.24, 2.45) is 0 Å². The number of nitrogens with zero attached hydrogens (tertiary/aromatic N) is 2. The van der Waals surface area contributed by atoms with E-state index in [1.807, 2.05) is 19.1 Å². The molecule has 0 aromatic carbocycles. The highest BCUT2D eigenvalue weighted by atomic mass is 16.6. The number of carbonyl (C=O) groups is 2. The zero-order chi connectivity index (χ0) is 31.2. The van der Waals surface area contributed by atoms with E-state index in [-0.39, 0.29) is 24.4 Å². The minimum absolute atomic E-state index is 0.0445. The van der Waals surface area contributed by atoms with Crippen LogP contribution in [0.4, 0.5) is 0 Å². The molecule has 220 valence electrons. The van der Waals surface area contributed by atoms with Crippen LogP contribution in [0.2, 0.25) is 0 Å². The van der Waals surface area contributed by atoms with E-state index in [1.54, 1.807) is 0 Å². The van der Waals surface area contributed by atoms with E-state index in [2.05, 4.69) is 63.3 Å². The van der Waals surface area contributed by atoms with Gasteiger partial charge in [0.1, 0.15) is 0 Å². The molecule has 0 saturated carbocycles. The number of fused-ring (bicyclic) bond motifs is 8. The number of hydrogen-bond donors (Lipinski definition) is 2. The van der Waals surface area contributed by atoms with Crippen LogP contribution in [0.15, 0.2) is 24.8 Å². The summed E-state index contributed by atoms with van der Waals surface area (Å²) in [5, 5.41) is 0. The van der Waals surface area contributed by atoms with E-state index < -0.39 is 11.9 Å². The zero-order valence-corrected chi connectivity index (χ0v) is 25.2. The van der Waals surface area contributed by atoms with E-state index in [9.17, 15) is 9.59 Å². The number of esters is 2. The van der Waals surface area contributed by atoms with Crippen LogP contribution >= 0.6 is 0 Å². The molecule has 43 heavy (non-hydrogen) atoms. The predicted octanol–water partition coefficient (Wildman–Crippen LogP) is 6.41. The Morgan fingerprint density at radius 3 is 2.33 bits per heavy atom. The fraction of sp³-hybridized carbons (Fsp3) is 0.324. The predicted molar refractivity (Wildman–Crippen MR) is 164 cm³/mol. The molecule has 9 heteroatoms. The normalized spacial score (nSPS) is 17.5. The van der Waals surface area contributed by atoms with Crippen LogP contribution in [0.3, 0.4) is 0 Å². The van der Waals surface area contributed by atoms with Crippen molar-refractivity contribution >= 4 is 57.4 Å². The van der Waals surface area contributed by atoms with Crippen molar-refractivity contribution < 1.29 is 23.9 Å². The summed E-state index contributed by atoms with van der Waals surface area (Å²) in [6, 6.07) is 6.26. The summed E-state index contributed by atoms with van der Waals surface area (Å²) < 4.78 is 5.25. The first-order chi connectivity index (χ1) is 20.6. The minimum Gasteiger partial charge on any atom is -0.389 e. The number of cyclic esters (lactones) is 2. The fourth-order valence-corrected chi connectivity index (χ4v) is 6.58. The summed E-state index contributed by atoms with van der Waals surface area (Å²) >= 11 is 0. The largest absolute Gasteiger partial charge is 0.389 e. The Kier molecular flexibility index (Phi) is 7.86. The monoisotopic (exact) mass is 578 g/mol. The summed E-state index contributed by atoms with van der Waals surface area (Å²) in [5.41, 5.74) is 13.1. The number of aromatic amines is 2. The molecule has 0 fully saturated rings. The molecule has 0 saturated heterocycles. The summed E-state index contributed by atoms with van der Waals surface area (Å²) in [5.74, 6) is -1.03. The zero-order valence-electron chi connectivity index (χ0n) is 25.2. The smallest absolute Gasteiger partial charge is 0.373 e. The molecule has 0 unspecified atom stereocenters. The lowest BCUT2D eigenvalue weighted by atomic mass is 9.86. The maximum absolute atomic E-state index is 13.2. The number of ether oxygens (including phenoxy) is 1. The molecule has 8 bridgehead atoms. The highest BCUT2D eigenvalue weighted by Gasteiger charge is 2.37. The molecule has 2 N–H and O–H groups in total. The topological polar surface area (TPSA) is 135 Å². The summed E-state index contributed by atoms with van der Waals surface area (Å²) in [6.45, 7) is 16.6. The molecule has 3 aliphatic rings. The quantitative estimate of drug-likeness (QED) is 0.271. The molecule has 6 rings (SSSR count). The second-order valence-corrected chi connectivity index (χ2v) is 11.1. The van der Waals surface area contributed by atoms with Crippen LogP contribution in [-0.2, 0) is 36.8 Å². The third-order valence-corrected chi connectivity index (χ3v) is 8.90. The van der Waals surface area contributed by atoms with Crippen molar-refractivity contribution in [3.05, 3.63) is 75.4 Å². The van der Waals surface area contributed by atoms with Crippen LogP contribution in [-0.4, -0.2) is 38.0 Å². The molecular formula is C34H34N4O5. The van der Waals surface area contributed by atoms with Crippen LogP contribution in [0.1, 0.15) is 96.5 Å². The van der Waals surface area contributed by atoms with Gasteiger partial charge in [0.05, 0.1) is 29.1 Å². The van der Waals surface area contributed by atoms with Gasteiger partial charge in [0.2, 0.25) is 0 Å². The van der Waals surface area contributed by atoms with Crippen molar-refractivity contribution in [1.29, 1.82) is 0 Å². The number of hydrogen-bond acceptors (Lipinski definition) is 7. The first kappa shape index (κ1) is 29.6. The summed E-state index contributed by atoms with van der Waals surface area (Å²) in [6.07, 6.45) is 3.77. The Hall–Kier alpha value is -4.88. The molecule has 0 radical (unpaired) electrons. The van der Waals surface area contributed by atoms with Gasteiger partial charge in [-0.15, -0.1) is 0 Å². The summed E-state index contributed by atoms with van der Waals surface area (Å²) in [4.78, 5) is 59.5. The Bertz CT molecular complexity index is 1940. The minimum atomic E-state index is -0.647. The van der Waals surface area contributed by atoms with Gasteiger partial charge < -0.3 is 14.7 Å². The van der Waals surface area contributed by atoms with Gasteiger partial charge in [-0.1, -0.05) is 33.4 Å². The molecule has 2 atom stereocenters. The average molecular weight is 579 g/mol. The molecule has 3 aromatic rings. The summed E-state index contributed by atoms with van der Waals surface area (Å²) in [7, 11) is 0. The Labute approximate surface area is 249 Å². The van der Waals surface area contributed by atoms with Crippen LogP contribution < -0.4 is 0 Å². The number of nitrogens with one attached hydrogen (secondary N) is 2. The molecule has 0 spiro atoms. The van der Waals surface area contributed by atoms with E-state index in [0.29, 0.717) is 28.1 Å².